The second kappa shape index (κ2) is 8.72. The summed E-state index contributed by atoms with van der Waals surface area (Å²) in [6, 6.07) is 55.0. The maximum atomic E-state index is 2.42. The van der Waals surface area contributed by atoms with Gasteiger partial charge in [-0.05, 0) is 80.2 Å². The zero-order valence-electron chi connectivity index (χ0n) is 21.4. The molecule has 0 saturated heterocycles. The van der Waals surface area contributed by atoms with E-state index >= 15 is 0 Å². The molecule has 0 spiro atoms. The molecule has 0 aliphatic carbocycles. The van der Waals surface area contributed by atoms with Crippen LogP contribution in [-0.2, 0) is 0 Å². The Hall–Kier alpha value is -5.14. The predicted octanol–water partition coefficient (Wildman–Crippen LogP) is 10.4. The molecule has 8 aromatic rings. The molecule has 1 nitrogen and oxygen atoms in total. The molecule has 1 aromatic heterocycles. The third-order valence-electron chi connectivity index (χ3n) is 7.95. The fourth-order valence-corrected chi connectivity index (χ4v) is 6.23. The maximum absolute atomic E-state index is 2.42. The summed E-state index contributed by atoms with van der Waals surface area (Å²) < 4.78 is 2.42. The average molecular weight is 496 g/mol. The van der Waals surface area contributed by atoms with Crippen molar-refractivity contribution in [2.45, 2.75) is 0 Å². The summed E-state index contributed by atoms with van der Waals surface area (Å²) in [5, 5.41) is 7.64. The Morgan fingerprint density at radius 2 is 0.923 bits per heavy atom. The molecule has 0 amide bonds. The van der Waals surface area contributed by atoms with E-state index in [2.05, 4.69) is 156 Å². The topological polar surface area (TPSA) is 4.93 Å². The van der Waals surface area contributed by atoms with Crippen LogP contribution in [0.4, 0.5) is 0 Å². The van der Waals surface area contributed by atoms with E-state index in [1.165, 1.54) is 71.3 Å². The summed E-state index contributed by atoms with van der Waals surface area (Å²) in [6.45, 7) is 0. The second-order valence-corrected chi connectivity index (χ2v) is 10.2. The molecule has 0 bridgehead atoms. The quantitative estimate of drug-likeness (QED) is 0.230. The first-order valence-electron chi connectivity index (χ1n) is 13.5. The summed E-state index contributed by atoms with van der Waals surface area (Å²) in [4.78, 5) is 0. The summed E-state index contributed by atoms with van der Waals surface area (Å²) in [6.07, 6.45) is 0. The van der Waals surface area contributed by atoms with Gasteiger partial charge in [0.05, 0.1) is 11.0 Å². The lowest BCUT2D eigenvalue weighted by Crippen LogP contribution is -1.94. The lowest BCUT2D eigenvalue weighted by atomic mass is 9.88. The van der Waals surface area contributed by atoms with Crippen molar-refractivity contribution in [2.24, 2.45) is 0 Å². The lowest BCUT2D eigenvalue weighted by molar-refractivity contribution is 1.18. The second-order valence-electron chi connectivity index (χ2n) is 10.2. The van der Waals surface area contributed by atoms with Gasteiger partial charge in [-0.15, -0.1) is 0 Å². The molecule has 0 aliphatic rings. The van der Waals surface area contributed by atoms with Crippen LogP contribution in [0.2, 0.25) is 0 Å². The highest BCUT2D eigenvalue weighted by Gasteiger charge is 2.19. The van der Waals surface area contributed by atoms with Crippen LogP contribution in [0, 0.1) is 0 Å². The van der Waals surface area contributed by atoms with Crippen LogP contribution in [0.1, 0.15) is 0 Å². The Balaban J connectivity index is 1.57. The van der Waals surface area contributed by atoms with Gasteiger partial charge in [0.15, 0.2) is 0 Å². The highest BCUT2D eigenvalue weighted by Crippen LogP contribution is 2.44. The van der Waals surface area contributed by atoms with Gasteiger partial charge in [0.1, 0.15) is 0 Å². The van der Waals surface area contributed by atoms with Gasteiger partial charge in [-0.2, -0.15) is 0 Å². The number of hydrogen-bond acceptors (Lipinski definition) is 0. The Bertz CT molecular complexity index is 2150. The van der Waals surface area contributed by atoms with Crippen molar-refractivity contribution in [2.75, 3.05) is 0 Å². The fourth-order valence-electron chi connectivity index (χ4n) is 6.23. The molecule has 0 unspecified atom stereocenters. The number of aromatic nitrogens is 1. The number of benzene rings is 7. The van der Waals surface area contributed by atoms with Gasteiger partial charge in [-0.25, -0.2) is 0 Å². The van der Waals surface area contributed by atoms with Crippen LogP contribution in [0.5, 0.6) is 0 Å². The fraction of sp³-hybridized carbons (Fsp3) is 0. The molecule has 0 aliphatic heterocycles. The Kier molecular flexibility index (Phi) is 4.89. The molecule has 0 atom stereocenters. The van der Waals surface area contributed by atoms with Crippen molar-refractivity contribution < 1.29 is 0 Å². The predicted molar refractivity (Wildman–Crippen MR) is 167 cm³/mol. The monoisotopic (exact) mass is 495 g/mol. The third kappa shape index (κ3) is 3.41. The van der Waals surface area contributed by atoms with Gasteiger partial charge in [0.25, 0.3) is 0 Å². The highest BCUT2D eigenvalue weighted by molar-refractivity contribution is 6.24. The van der Waals surface area contributed by atoms with Gasteiger partial charge >= 0.3 is 0 Å². The average Bonchev–Trinajstić information content (AvgIpc) is 3.35. The zero-order valence-corrected chi connectivity index (χ0v) is 21.4. The minimum Gasteiger partial charge on any atom is -0.309 e. The molecule has 0 radical (unpaired) electrons. The number of nitrogens with zero attached hydrogens (tertiary/aromatic N) is 1. The van der Waals surface area contributed by atoms with Crippen LogP contribution < -0.4 is 0 Å². The Labute approximate surface area is 227 Å². The zero-order chi connectivity index (χ0) is 25.8. The summed E-state index contributed by atoms with van der Waals surface area (Å²) in [5.74, 6) is 0. The van der Waals surface area contributed by atoms with Gasteiger partial charge in [0.2, 0.25) is 0 Å². The Morgan fingerprint density at radius 1 is 0.359 bits per heavy atom. The van der Waals surface area contributed by atoms with E-state index in [0.29, 0.717) is 0 Å². The minimum absolute atomic E-state index is 1.17. The SMILES string of the molecule is c1ccc(-c2cc3ccccc3cc2-c2cc3c(c4ccccc24)c2ccccc2n3-c2ccccc2)cc1. The van der Waals surface area contributed by atoms with E-state index in [0.717, 1.165) is 0 Å². The van der Waals surface area contributed by atoms with Crippen molar-refractivity contribution >= 4 is 43.4 Å². The lowest BCUT2D eigenvalue weighted by Gasteiger charge is -2.16. The van der Waals surface area contributed by atoms with E-state index in [-0.39, 0.29) is 0 Å². The minimum atomic E-state index is 1.17. The summed E-state index contributed by atoms with van der Waals surface area (Å²) >= 11 is 0. The molecule has 182 valence electrons. The molecule has 0 saturated carbocycles. The number of hydrogen-bond donors (Lipinski definition) is 0. The third-order valence-corrected chi connectivity index (χ3v) is 7.95. The molecular weight excluding hydrogens is 470 g/mol. The van der Waals surface area contributed by atoms with Crippen LogP contribution in [-0.4, -0.2) is 4.57 Å². The molecular formula is C38H25N. The Morgan fingerprint density at radius 3 is 1.67 bits per heavy atom. The van der Waals surface area contributed by atoms with Gasteiger partial charge in [-0.3, -0.25) is 0 Å². The maximum Gasteiger partial charge on any atom is 0.0553 e. The van der Waals surface area contributed by atoms with E-state index in [4.69, 9.17) is 0 Å². The van der Waals surface area contributed by atoms with E-state index in [9.17, 15) is 0 Å². The normalized spacial score (nSPS) is 11.6. The molecule has 1 heterocycles. The summed E-state index contributed by atoms with van der Waals surface area (Å²) in [7, 11) is 0. The summed E-state index contributed by atoms with van der Waals surface area (Å²) in [5.41, 5.74) is 8.61. The smallest absolute Gasteiger partial charge is 0.0553 e. The van der Waals surface area contributed by atoms with Crippen LogP contribution in [0.15, 0.2) is 152 Å². The van der Waals surface area contributed by atoms with Crippen molar-refractivity contribution in [3.05, 3.63) is 152 Å². The number of rotatable bonds is 3. The van der Waals surface area contributed by atoms with E-state index in [1.807, 2.05) is 0 Å². The van der Waals surface area contributed by atoms with Crippen LogP contribution in [0.25, 0.3) is 71.3 Å². The standard InChI is InChI=1S/C38H25N/c1-3-13-26(14-4-1)33-23-27-15-7-8-16-28(27)24-34(33)35-25-37-38(31-20-10-9-19-30(31)35)32-21-11-12-22-36(32)39(37)29-17-5-2-6-18-29/h1-25H. The van der Waals surface area contributed by atoms with Crippen LogP contribution in [0.3, 0.4) is 0 Å². The number of para-hydroxylation sites is 2. The first-order chi connectivity index (χ1) is 19.4. The van der Waals surface area contributed by atoms with Gasteiger partial charge in [-0.1, -0.05) is 115 Å². The molecule has 7 aromatic carbocycles. The van der Waals surface area contributed by atoms with Crippen molar-refractivity contribution in [1.82, 2.24) is 4.57 Å². The van der Waals surface area contributed by atoms with Crippen LogP contribution >= 0.6 is 0 Å². The molecule has 0 fully saturated rings. The van der Waals surface area contributed by atoms with Gasteiger partial charge < -0.3 is 4.57 Å². The first kappa shape index (κ1) is 21.9. The van der Waals surface area contributed by atoms with Gasteiger partial charge in [0, 0.05) is 16.5 Å². The molecule has 39 heavy (non-hydrogen) atoms. The van der Waals surface area contributed by atoms with E-state index < -0.39 is 0 Å². The largest absolute Gasteiger partial charge is 0.309 e. The molecule has 0 N–H and O–H groups in total. The number of fused-ring (bicyclic) bond motifs is 6. The van der Waals surface area contributed by atoms with Crippen molar-refractivity contribution in [3.8, 4) is 27.9 Å². The van der Waals surface area contributed by atoms with Crippen molar-refractivity contribution in [3.63, 3.8) is 0 Å². The van der Waals surface area contributed by atoms with Crippen molar-refractivity contribution in [1.29, 1.82) is 0 Å². The molecule has 1 heteroatoms. The van der Waals surface area contributed by atoms with E-state index in [1.54, 1.807) is 0 Å². The molecule has 8 rings (SSSR count). The first-order valence-corrected chi connectivity index (χ1v) is 13.5. The highest BCUT2D eigenvalue weighted by atomic mass is 15.0.